The number of aryl methyl sites for hydroxylation is 1. The molecule has 156 valence electrons. The van der Waals surface area contributed by atoms with Crippen molar-refractivity contribution in [2.75, 3.05) is 39.8 Å². The molecule has 0 spiro atoms. The van der Waals surface area contributed by atoms with E-state index in [1.54, 1.807) is 11.6 Å². The molecule has 0 bridgehead atoms. The van der Waals surface area contributed by atoms with Crippen LogP contribution in [0.3, 0.4) is 0 Å². The zero-order valence-electron chi connectivity index (χ0n) is 17.5. The number of piperazine rings is 1. The summed E-state index contributed by atoms with van der Waals surface area (Å²) in [6.45, 7) is 4.74. The van der Waals surface area contributed by atoms with Gasteiger partial charge in [0.25, 0.3) is 11.5 Å². The molecule has 1 fully saturated rings. The van der Waals surface area contributed by atoms with Crippen LogP contribution in [0.15, 0.2) is 65.5 Å². The average Bonchev–Trinajstić information content (AvgIpc) is 2.78. The number of likely N-dealkylation sites (N-methyl/N-ethyl adjacent to an activating group) is 1. The standard InChI is InChI=1S/C24H28N4O2/c1-26-12-14-28(15-13-26)17-21(18-8-4-3-5-9-18)25-24(30)20-16-23(29)27(2)22-11-7-6-10-19(20)22/h3-11,16,21H,12-15,17H2,1-2H3,(H,25,30). The Bertz CT molecular complexity index is 1090. The fourth-order valence-corrected chi connectivity index (χ4v) is 4.04. The summed E-state index contributed by atoms with van der Waals surface area (Å²) in [5.41, 5.74) is 2.06. The second kappa shape index (κ2) is 8.81. The maximum Gasteiger partial charge on any atom is 0.252 e. The Morgan fingerprint density at radius 1 is 0.967 bits per heavy atom. The Balaban J connectivity index is 1.63. The molecule has 1 saturated heterocycles. The van der Waals surface area contributed by atoms with E-state index in [4.69, 9.17) is 0 Å². The van der Waals surface area contributed by atoms with E-state index in [9.17, 15) is 9.59 Å². The summed E-state index contributed by atoms with van der Waals surface area (Å²) in [5.74, 6) is -0.216. The first kappa shape index (κ1) is 20.3. The zero-order chi connectivity index (χ0) is 21.1. The van der Waals surface area contributed by atoms with E-state index in [1.165, 1.54) is 6.07 Å². The van der Waals surface area contributed by atoms with Crippen molar-refractivity contribution in [3.8, 4) is 0 Å². The maximum atomic E-state index is 13.3. The van der Waals surface area contributed by atoms with Gasteiger partial charge < -0.3 is 14.8 Å². The van der Waals surface area contributed by atoms with E-state index in [-0.39, 0.29) is 17.5 Å². The molecule has 6 nitrogen and oxygen atoms in total. The summed E-state index contributed by atoms with van der Waals surface area (Å²) in [7, 11) is 3.86. The van der Waals surface area contributed by atoms with Crippen LogP contribution in [0.4, 0.5) is 0 Å². The average molecular weight is 405 g/mol. The fourth-order valence-electron chi connectivity index (χ4n) is 4.04. The Morgan fingerprint density at radius 2 is 1.63 bits per heavy atom. The van der Waals surface area contributed by atoms with Gasteiger partial charge in [-0.15, -0.1) is 0 Å². The van der Waals surface area contributed by atoms with Gasteiger partial charge in [-0.3, -0.25) is 14.5 Å². The third-order valence-electron chi connectivity index (χ3n) is 5.94. The molecule has 1 aromatic heterocycles. The van der Waals surface area contributed by atoms with Gasteiger partial charge in [0.05, 0.1) is 17.1 Å². The fraction of sp³-hybridized carbons (Fsp3) is 0.333. The van der Waals surface area contributed by atoms with Gasteiger partial charge in [0.2, 0.25) is 0 Å². The Kier molecular flexibility index (Phi) is 5.97. The number of nitrogens with zero attached hydrogens (tertiary/aromatic N) is 3. The van der Waals surface area contributed by atoms with Gasteiger partial charge >= 0.3 is 0 Å². The van der Waals surface area contributed by atoms with Crippen molar-refractivity contribution in [3.63, 3.8) is 0 Å². The molecule has 1 atom stereocenters. The summed E-state index contributed by atoms with van der Waals surface area (Å²) in [5, 5.41) is 3.99. The number of nitrogens with one attached hydrogen (secondary N) is 1. The molecule has 1 aliphatic rings. The van der Waals surface area contributed by atoms with Crippen LogP contribution < -0.4 is 10.9 Å². The number of hydrogen-bond donors (Lipinski definition) is 1. The predicted octanol–water partition coefficient (Wildman–Crippen LogP) is 2.26. The molecular weight excluding hydrogens is 376 g/mol. The highest BCUT2D eigenvalue weighted by Crippen LogP contribution is 2.20. The number of fused-ring (bicyclic) bond motifs is 1. The van der Waals surface area contributed by atoms with Gasteiger partial charge in [0.1, 0.15) is 0 Å². The van der Waals surface area contributed by atoms with Gasteiger partial charge in [0, 0.05) is 51.2 Å². The van der Waals surface area contributed by atoms with Crippen molar-refractivity contribution in [2.45, 2.75) is 6.04 Å². The Labute approximate surface area is 176 Å². The molecule has 1 amide bonds. The SMILES string of the molecule is CN1CCN(CC(NC(=O)c2cc(=O)n(C)c3ccccc23)c2ccccc2)CC1. The lowest BCUT2D eigenvalue weighted by Gasteiger charge is -2.35. The minimum Gasteiger partial charge on any atom is -0.344 e. The Hall–Kier alpha value is -2.96. The van der Waals surface area contributed by atoms with Crippen LogP contribution in [0, 0.1) is 0 Å². The van der Waals surface area contributed by atoms with Crippen LogP contribution in [-0.4, -0.2) is 60.0 Å². The van der Waals surface area contributed by atoms with E-state index in [1.807, 2.05) is 54.6 Å². The van der Waals surface area contributed by atoms with Crippen LogP contribution in [0.25, 0.3) is 10.9 Å². The lowest BCUT2D eigenvalue weighted by atomic mass is 10.0. The smallest absolute Gasteiger partial charge is 0.252 e. The first-order valence-electron chi connectivity index (χ1n) is 10.4. The van der Waals surface area contributed by atoms with E-state index >= 15 is 0 Å². The number of rotatable bonds is 5. The van der Waals surface area contributed by atoms with Crippen LogP contribution in [0.5, 0.6) is 0 Å². The number of pyridine rings is 1. The molecule has 2 aromatic carbocycles. The highest BCUT2D eigenvalue weighted by atomic mass is 16.2. The van der Waals surface area contributed by atoms with Gasteiger partial charge in [-0.05, 0) is 18.7 Å². The highest BCUT2D eigenvalue weighted by molar-refractivity contribution is 6.06. The van der Waals surface area contributed by atoms with Crippen molar-refractivity contribution < 1.29 is 4.79 Å². The molecule has 0 radical (unpaired) electrons. The summed E-state index contributed by atoms with van der Waals surface area (Å²) in [4.78, 5) is 30.5. The summed E-state index contributed by atoms with van der Waals surface area (Å²) < 4.78 is 1.57. The minimum absolute atomic E-state index is 0.148. The highest BCUT2D eigenvalue weighted by Gasteiger charge is 2.23. The van der Waals surface area contributed by atoms with Crippen LogP contribution in [0.2, 0.25) is 0 Å². The first-order valence-corrected chi connectivity index (χ1v) is 10.4. The van der Waals surface area contributed by atoms with Crippen LogP contribution in [-0.2, 0) is 7.05 Å². The minimum atomic E-state index is -0.216. The molecule has 1 aliphatic heterocycles. The molecular formula is C24H28N4O2. The maximum absolute atomic E-state index is 13.3. The topological polar surface area (TPSA) is 57.6 Å². The molecule has 30 heavy (non-hydrogen) atoms. The quantitative estimate of drug-likeness (QED) is 0.709. The van der Waals surface area contributed by atoms with Crippen molar-refractivity contribution >= 4 is 16.8 Å². The number of benzene rings is 2. The van der Waals surface area contributed by atoms with Gasteiger partial charge in [-0.25, -0.2) is 0 Å². The number of para-hydroxylation sites is 1. The largest absolute Gasteiger partial charge is 0.344 e. The summed E-state index contributed by atoms with van der Waals surface area (Å²) in [6.07, 6.45) is 0. The lowest BCUT2D eigenvalue weighted by Crippen LogP contribution is -2.47. The second-order valence-electron chi connectivity index (χ2n) is 8.01. The van der Waals surface area contributed by atoms with Crippen LogP contribution >= 0.6 is 0 Å². The van der Waals surface area contributed by atoms with E-state index < -0.39 is 0 Å². The van der Waals surface area contributed by atoms with Gasteiger partial charge in [0.15, 0.2) is 0 Å². The molecule has 0 saturated carbocycles. The Morgan fingerprint density at radius 3 is 2.37 bits per heavy atom. The first-order chi connectivity index (χ1) is 14.5. The number of amides is 1. The third-order valence-corrected chi connectivity index (χ3v) is 5.94. The third kappa shape index (κ3) is 4.30. The normalized spacial score (nSPS) is 16.5. The number of hydrogen-bond acceptors (Lipinski definition) is 4. The summed E-state index contributed by atoms with van der Waals surface area (Å²) >= 11 is 0. The monoisotopic (exact) mass is 404 g/mol. The molecule has 2 heterocycles. The summed E-state index contributed by atoms with van der Waals surface area (Å²) in [6, 6.07) is 18.9. The number of aromatic nitrogens is 1. The predicted molar refractivity (Wildman–Crippen MR) is 120 cm³/mol. The van der Waals surface area contributed by atoms with Crippen molar-refractivity contribution in [1.29, 1.82) is 0 Å². The molecule has 4 rings (SSSR count). The van der Waals surface area contributed by atoms with E-state index in [2.05, 4.69) is 22.2 Å². The molecule has 6 heteroatoms. The van der Waals surface area contributed by atoms with Gasteiger partial charge in [-0.1, -0.05) is 48.5 Å². The van der Waals surface area contributed by atoms with Gasteiger partial charge in [-0.2, -0.15) is 0 Å². The van der Waals surface area contributed by atoms with Crippen molar-refractivity contribution in [1.82, 2.24) is 19.7 Å². The zero-order valence-corrected chi connectivity index (χ0v) is 17.5. The molecule has 1 unspecified atom stereocenters. The van der Waals surface area contributed by atoms with E-state index in [0.717, 1.165) is 49.2 Å². The molecule has 1 N–H and O–H groups in total. The number of carbonyl (C=O) groups excluding carboxylic acids is 1. The molecule has 3 aromatic rings. The number of carbonyl (C=O) groups is 1. The molecule has 0 aliphatic carbocycles. The van der Waals surface area contributed by atoms with E-state index in [0.29, 0.717) is 5.56 Å². The van der Waals surface area contributed by atoms with Crippen molar-refractivity contribution in [2.24, 2.45) is 7.05 Å². The van der Waals surface area contributed by atoms with Crippen LogP contribution in [0.1, 0.15) is 22.0 Å². The lowest BCUT2D eigenvalue weighted by molar-refractivity contribution is 0.0908. The van der Waals surface area contributed by atoms with Crippen molar-refractivity contribution in [3.05, 3.63) is 82.1 Å². The second-order valence-corrected chi connectivity index (χ2v) is 8.01.